The highest BCUT2D eigenvalue weighted by molar-refractivity contribution is 6.17. The molecule has 0 aliphatic carbocycles. The predicted molar refractivity (Wildman–Crippen MR) is 70.7 cm³/mol. The number of aromatic nitrogens is 1. The fraction of sp³-hybridized carbons (Fsp3) is 0.214. The first-order valence-corrected chi connectivity index (χ1v) is 5.92. The van der Waals surface area contributed by atoms with Crippen molar-refractivity contribution in [1.82, 2.24) is 4.98 Å². The molecular weight excluding hydrogens is 218 g/mol. The van der Waals surface area contributed by atoms with Gasteiger partial charge in [-0.25, -0.2) is 0 Å². The van der Waals surface area contributed by atoms with E-state index < -0.39 is 0 Å². The van der Waals surface area contributed by atoms with E-state index in [0.29, 0.717) is 5.88 Å². The molecule has 1 aromatic heterocycles. The molecule has 0 saturated carbocycles. The zero-order valence-corrected chi connectivity index (χ0v) is 10.0. The van der Waals surface area contributed by atoms with Crippen LogP contribution in [-0.4, -0.2) is 10.9 Å². The molecule has 1 heterocycles. The number of fused-ring (bicyclic) bond motifs is 1. The SMILES string of the molecule is CC(=CCCCl)c1cnc2ccccc2c1. The minimum atomic E-state index is 0.665. The minimum Gasteiger partial charge on any atom is -0.256 e. The van der Waals surface area contributed by atoms with E-state index in [-0.39, 0.29) is 0 Å². The summed E-state index contributed by atoms with van der Waals surface area (Å²) >= 11 is 5.67. The van der Waals surface area contributed by atoms with E-state index in [9.17, 15) is 0 Å². The van der Waals surface area contributed by atoms with Crippen LogP contribution in [0, 0.1) is 0 Å². The Kier molecular flexibility index (Phi) is 3.58. The van der Waals surface area contributed by atoms with Gasteiger partial charge >= 0.3 is 0 Å². The van der Waals surface area contributed by atoms with E-state index in [4.69, 9.17) is 11.6 Å². The highest BCUT2D eigenvalue weighted by Crippen LogP contribution is 2.19. The molecule has 0 amide bonds. The number of pyridine rings is 1. The molecule has 2 aromatic rings. The lowest BCUT2D eigenvalue weighted by molar-refractivity contribution is 1.23. The molecule has 0 aliphatic rings. The topological polar surface area (TPSA) is 12.9 Å². The number of benzene rings is 1. The van der Waals surface area contributed by atoms with Crippen molar-refractivity contribution < 1.29 is 0 Å². The van der Waals surface area contributed by atoms with Crippen molar-refractivity contribution in [3.8, 4) is 0 Å². The lowest BCUT2D eigenvalue weighted by Crippen LogP contribution is -1.85. The van der Waals surface area contributed by atoms with Crippen LogP contribution in [0.25, 0.3) is 16.5 Å². The molecule has 0 unspecified atom stereocenters. The number of hydrogen-bond acceptors (Lipinski definition) is 1. The summed E-state index contributed by atoms with van der Waals surface area (Å²) < 4.78 is 0. The van der Waals surface area contributed by atoms with Crippen molar-refractivity contribution in [2.45, 2.75) is 13.3 Å². The van der Waals surface area contributed by atoms with Crippen LogP contribution in [0.1, 0.15) is 18.9 Å². The Morgan fingerprint density at radius 1 is 1.38 bits per heavy atom. The lowest BCUT2D eigenvalue weighted by atomic mass is 10.1. The van der Waals surface area contributed by atoms with Gasteiger partial charge in [-0.1, -0.05) is 24.3 Å². The largest absolute Gasteiger partial charge is 0.256 e. The van der Waals surface area contributed by atoms with Gasteiger partial charge in [0.1, 0.15) is 0 Å². The molecule has 0 N–H and O–H groups in total. The molecule has 2 rings (SSSR count). The van der Waals surface area contributed by atoms with Crippen LogP contribution in [0.5, 0.6) is 0 Å². The smallest absolute Gasteiger partial charge is 0.0702 e. The summed E-state index contributed by atoms with van der Waals surface area (Å²) in [4.78, 5) is 4.44. The van der Waals surface area contributed by atoms with Crippen molar-refractivity contribution >= 4 is 28.1 Å². The third-order valence-corrected chi connectivity index (χ3v) is 2.82. The van der Waals surface area contributed by atoms with Crippen molar-refractivity contribution in [2.75, 3.05) is 5.88 Å². The fourth-order valence-corrected chi connectivity index (χ4v) is 1.78. The van der Waals surface area contributed by atoms with Gasteiger partial charge < -0.3 is 0 Å². The summed E-state index contributed by atoms with van der Waals surface area (Å²) in [5.41, 5.74) is 3.44. The van der Waals surface area contributed by atoms with Gasteiger partial charge in [0, 0.05) is 17.5 Å². The maximum absolute atomic E-state index is 5.67. The van der Waals surface area contributed by atoms with Gasteiger partial charge in [0.15, 0.2) is 0 Å². The fourth-order valence-electron chi connectivity index (χ4n) is 1.68. The zero-order chi connectivity index (χ0) is 11.4. The van der Waals surface area contributed by atoms with E-state index in [1.807, 2.05) is 24.4 Å². The molecule has 0 saturated heterocycles. The Balaban J connectivity index is 2.39. The second kappa shape index (κ2) is 5.13. The summed E-state index contributed by atoms with van der Waals surface area (Å²) in [5.74, 6) is 0.665. The molecule has 2 heteroatoms. The normalized spacial score (nSPS) is 12.0. The first-order valence-electron chi connectivity index (χ1n) is 5.39. The Morgan fingerprint density at radius 2 is 2.19 bits per heavy atom. The van der Waals surface area contributed by atoms with Crippen molar-refractivity contribution in [2.24, 2.45) is 0 Å². The Hall–Kier alpha value is -1.34. The number of halogens is 1. The second-order valence-corrected chi connectivity index (χ2v) is 4.16. The molecule has 1 nitrogen and oxygen atoms in total. The molecule has 0 spiro atoms. The van der Waals surface area contributed by atoms with Crippen molar-refractivity contribution in [1.29, 1.82) is 0 Å². The van der Waals surface area contributed by atoms with Crippen LogP contribution in [-0.2, 0) is 0 Å². The quantitative estimate of drug-likeness (QED) is 0.719. The van der Waals surface area contributed by atoms with Gasteiger partial charge in [0.25, 0.3) is 0 Å². The second-order valence-electron chi connectivity index (χ2n) is 3.78. The van der Waals surface area contributed by atoms with Crippen LogP contribution in [0.3, 0.4) is 0 Å². The number of para-hydroxylation sites is 1. The molecule has 0 fully saturated rings. The highest BCUT2D eigenvalue weighted by Gasteiger charge is 1.98. The first kappa shape index (κ1) is 11.2. The predicted octanol–water partition coefficient (Wildman–Crippen LogP) is 4.27. The number of rotatable bonds is 3. The number of nitrogens with zero attached hydrogens (tertiary/aromatic N) is 1. The monoisotopic (exact) mass is 231 g/mol. The molecule has 1 aromatic carbocycles. The third-order valence-electron chi connectivity index (χ3n) is 2.61. The molecule has 82 valence electrons. The molecule has 0 atom stereocenters. The van der Waals surface area contributed by atoms with E-state index in [0.717, 1.165) is 11.9 Å². The third kappa shape index (κ3) is 2.42. The molecule has 0 aliphatic heterocycles. The van der Waals surface area contributed by atoms with E-state index in [1.54, 1.807) is 0 Å². The Bertz CT molecular complexity index is 517. The number of hydrogen-bond donors (Lipinski definition) is 0. The summed E-state index contributed by atoms with van der Waals surface area (Å²) in [6.07, 6.45) is 4.97. The summed E-state index contributed by atoms with van der Waals surface area (Å²) in [6.45, 7) is 2.10. The van der Waals surface area contributed by atoms with E-state index in [2.05, 4.69) is 30.1 Å². The summed E-state index contributed by atoms with van der Waals surface area (Å²) in [6, 6.07) is 10.3. The van der Waals surface area contributed by atoms with E-state index in [1.165, 1.54) is 16.5 Å². The van der Waals surface area contributed by atoms with Crippen LogP contribution in [0.2, 0.25) is 0 Å². The Labute approximate surface area is 101 Å². The highest BCUT2D eigenvalue weighted by atomic mass is 35.5. The molecule has 0 bridgehead atoms. The van der Waals surface area contributed by atoms with Crippen LogP contribution in [0.4, 0.5) is 0 Å². The van der Waals surface area contributed by atoms with Gasteiger partial charge in [-0.3, -0.25) is 4.98 Å². The van der Waals surface area contributed by atoms with Gasteiger partial charge in [-0.05, 0) is 36.6 Å². The van der Waals surface area contributed by atoms with Crippen molar-refractivity contribution in [3.05, 3.63) is 48.2 Å². The standard InChI is InChI=1S/C14H14ClN/c1-11(5-4-8-15)13-9-12-6-2-3-7-14(12)16-10-13/h2-3,5-7,9-10H,4,8H2,1H3. The zero-order valence-electron chi connectivity index (χ0n) is 9.28. The van der Waals surface area contributed by atoms with Gasteiger partial charge in [0.2, 0.25) is 0 Å². The van der Waals surface area contributed by atoms with Crippen LogP contribution < -0.4 is 0 Å². The van der Waals surface area contributed by atoms with Crippen LogP contribution in [0.15, 0.2) is 42.6 Å². The number of allylic oxidation sites excluding steroid dienone is 2. The average Bonchev–Trinajstić information content (AvgIpc) is 2.35. The van der Waals surface area contributed by atoms with Gasteiger partial charge in [-0.15, -0.1) is 11.6 Å². The minimum absolute atomic E-state index is 0.665. The maximum Gasteiger partial charge on any atom is 0.0702 e. The van der Waals surface area contributed by atoms with Crippen molar-refractivity contribution in [3.63, 3.8) is 0 Å². The van der Waals surface area contributed by atoms with E-state index >= 15 is 0 Å². The summed E-state index contributed by atoms with van der Waals surface area (Å²) in [5, 5.41) is 1.18. The molecule has 16 heavy (non-hydrogen) atoms. The maximum atomic E-state index is 5.67. The van der Waals surface area contributed by atoms with Crippen LogP contribution >= 0.6 is 11.6 Å². The Morgan fingerprint density at radius 3 is 3.00 bits per heavy atom. The molecule has 0 radical (unpaired) electrons. The van der Waals surface area contributed by atoms with Gasteiger partial charge in [-0.2, -0.15) is 0 Å². The van der Waals surface area contributed by atoms with Gasteiger partial charge in [0.05, 0.1) is 5.52 Å². The molecular formula is C14H14ClN. The average molecular weight is 232 g/mol. The first-order chi connectivity index (χ1) is 7.81. The number of alkyl halides is 1. The summed E-state index contributed by atoms with van der Waals surface area (Å²) in [7, 11) is 0. The lowest BCUT2D eigenvalue weighted by Gasteiger charge is -2.03.